The Balaban J connectivity index is 1.63. The molecule has 29 heavy (non-hydrogen) atoms. The van der Waals surface area contributed by atoms with Gasteiger partial charge < -0.3 is 10.2 Å². The Bertz CT molecular complexity index is 903. The van der Waals surface area contributed by atoms with Crippen molar-refractivity contribution in [3.63, 3.8) is 0 Å². The zero-order valence-electron chi connectivity index (χ0n) is 15.7. The number of benzene rings is 1. The van der Waals surface area contributed by atoms with Gasteiger partial charge in [-0.2, -0.15) is 0 Å². The summed E-state index contributed by atoms with van der Waals surface area (Å²) in [5, 5.41) is 16.2. The fourth-order valence-corrected chi connectivity index (χ4v) is 4.30. The van der Waals surface area contributed by atoms with Gasteiger partial charge in [0.05, 0.1) is 11.6 Å². The zero-order valence-corrected chi connectivity index (χ0v) is 15.7. The maximum atomic E-state index is 12.7. The number of nitrogens with one attached hydrogen (secondary N) is 2. The van der Waals surface area contributed by atoms with Crippen LogP contribution in [0.2, 0.25) is 0 Å². The minimum atomic E-state index is -0.514. The van der Waals surface area contributed by atoms with E-state index >= 15 is 0 Å². The van der Waals surface area contributed by atoms with E-state index in [0.717, 1.165) is 12.8 Å². The number of pyridine rings is 1. The molecule has 0 saturated heterocycles. The second-order valence-electron chi connectivity index (χ2n) is 7.28. The molecule has 0 radical (unpaired) electrons. The van der Waals surface area contributed by atoms with Crippen LogP contribution in [-0.4, -0.2) is 27.8 Å². The molecule has 0 spiro atoms. The molecule has 3 N–H and O–H groups in total. The highest BCUT2D eigenvalue weighted by Crippen LogP contribution is 2.46. The average Bonchev–Trinajstić information content (AvgIpc) is 3.41. The maximum Gasteiger partial charge on any atom is 0.256 e. The van der Waals surface area contributed by atoms with Gasteiger partial charge in [-0.3, -0.25) is 19.8 Å². The van der Waals surface area contributed by atoms with E-state index in [4.69, 9.17) is 10.0 Å². The molecule has 2 heterocycles. The summed E-state index contributed by atoms with van der Waals surface area (Å²) in [6, 6.07) is 14.3. The third-order valence-electron chi connectivity index (χ3n) is 5.64. The first-order chi connectivity index (χ1) is 14.2. The Kier molecular flexibility index (Phi) is 5.53. The summed E-state index contributed by atoms with van der Waals surface area (Å²) in [5.74, 6) is -1.23. The minimum Gasteiger partial charge on any atom is -0.384 e. The van der Waals surface area contributed by atoms with E-state index in [1.807, 2.05) is 24.3 Å². The number of carbonyl (C=O) groups excluding carboxylic acids is 2. The van der Waals surface area contributed by atoms with E-state index in [0.29, 0.717) is 23.5 Å². The second-order valence-corrected chi connectivity index (χ2v) is 7.28. The van der Waals surface area contributed by atoms with Crippen LogP contribution in [0.4, 0.5) is 0 Å². The molecule has 4 rings (SSSR count). The number of nitrogens with zero attached hydrogens (tertiary/aromatic N) is 2. The fraction of sp³-hybridized carbons (Fsp3) is 0.333. The van der Waals surface area contributed by atoms with Crippen LogP contribution in [-0.2, 0) is 9.63 Å². The molecule has 4 atom stereocenters. The summed E-state index contributed by atoms with van der Waals surface area (Å²) in [6.07, 6.45) is 3.41. The highest BCUT2D eigenvalue weighted by Gasteiger charge is 2.48. The SMILES string of the molecule is O=C(NC1=NOC(c2ccccn2)C1C1CCCC1C(=O)NO)c1ccccc1. The van der Waals surface area contributed by atoms with Crippen LogP contribution >= 0.6 is 0 Å². The van der Waals surface area contributed by atoms with Crippen LogP contribution in [0, 0.1) is 17.8 Å². The molecule has 1 aromatic heterocycles. The summed E-state index contributed by atoms with van der Waals surface area (Å²) >= 11 is 0. The summed E-state index contributed by atoms with van der Waals surface area (Å²) < 4.78 is 0. The standard InChI is InChI=1S/C21H22N4O4/c26-20(13-7-2-1-3-8-13)23-19-17(14-9-6-10-15(14)21(27)24-28)18(29-25-19)16-11-4-5-12-22-16/h1-5,7-8,11-12,14-15,17-18,28H,6,9-10H2,(H,24,27)(H,23,25,26). The predicted molar refractivity (Wildman–Crippen MR) is 104 cm³/mol. The Labute approximate surface area is 167 Å². The molecule has 1 aliphatic carbocycles. The van der Waals surface area contributed by atoms with Crippen molar-refractivity contribution in [3.8, 4) is 0 Å². The number of carbonyl (C=O) groups is 2. The largest absolute Gasteiger partial charge is 0.384 e. The smallest absolute Gasteiger partial charge is 0.256 e. The molecular formula is C21H22N4O4. The molecule has 2 amide bonds. The zero-order chi connectivity index (χ0) is 20.2. The Morgan fingerprint density at radius 3 is 2.59 bits per heavy atom. The van der Waals surface area contributed by atoms with Crippen LogP contribution in [0.15, 0.2) is 59.9 Å². The lowest BCUT2D eigenvalue weighted by atomic mass is 9.78. The van der Waals surface area contributed by atoms with Crippen LogP contribution < -0.4 is 10.8 Å². The van der Waals surface area contributed by atoms with Gasteiger partial charge in [0.2, 0.25) is 5.91 Å². The molecule has 1 aliphatic heterocycles. The lowest BCUT2D eigenvalue weighted by molar-refractivity contribution is -0.135. The average molecular weight is 394 g/mol. The summed E-state index contributed by atoms with van der Waals surface area (Å²) in [6.45, 7) is 0. The van der Waals surface area contributed by atoms with Crippen molar-refractivity contribution in [3.05, 3.63) is 66.0 Å². The minimum absolute atomic E-state index is 0.147. The van der Waals surface area contributed by atoms with Crippen LogP contribution in [0.5, 0.6) is 0 Å². The third-order valence-corrected chi connectivity index (χ3v) is 5.64. The molecule has 4 unspecified atom stereocenters. The maximum absolute atomic E-state index is 12.7. The van der Waals surface area contributed by atoms with Gasteiger partial charge in [0.15, 0.2) is 11.9 Å². The molecule has 2 aromatic rings. The summed E-state index contributed by atoms with van der Waals surface area (Å²) in [4.78, 5) is 35.0. The molecule has 1 saturated carbocycles. The van der Waals surface area contributed by atoms with Crippen molar-refractivity contribution >= 4 is 17.6 Å². The molecule has 150 valence electrons. The van der Waals surface area contributed by atoms with Crippen molar-refractivity contribution in [2.45, 2.75) is 25.4 Å². The highest BCUT2D eigenvalue weighted by atomic mass is 16.6. The van der Waals surface area contributed by atoms with Gasteiger partial charge >= 0.3 is 0 Å². The highest BCUT2D eigenvalue weighted by molar-refractivity contribution is 6.07. The molecule has 8 nitrogen and oxygen atoms in total. The van der Waals surface area contributed by atoms with E-state index in [-0.39, 0.29) is 17.7 Å². The van der Waals surface area contributed by atoms with Crippen molar-refractivity contribution in [2.24, 2.45) is 22.9 Å². The fourth-order valence-electron chi connectivity index (χ4n) is 4.30. The summed E-state index contributed by atoms with van der Waals surface area (Å²) in [7, 11) is 0. The van der Waals surface area contributed by atoms with Crippen LogP contribution in [0.3, 0.4) is 0 Å². The molecular weight excluding hydrogens is 372 g/mol. The normalized spacial score (nSPS) is 25.8. The van der Waals surface area contributed by atoms with Crippen molar-refractivity contribution in [1.82, 2.24) is 15.8 Å². The first-order valence-corrected chi connectivity index (χ1v) is 9.64. The van der Waals surface area contributed by atoms with Gasteiger partial charge in [-0.25, -0.2) is 5.48 Å². The lowest BCUT2D eigenvalue weighted by Gasteiger charge is -2.28. The Morgan fingerprint density at radius 1 is 1.07 bits per heavy atom. The predicted octanol–water partition coefficient (Wildman–Crippen LogP) is 2.43. The van der Waals surface area contributed by atoms with E-state index in [9.17, 15) is 9.59 Å². The van der Waals surface area contributed by atoms with Gasteiger partial charge in [-0.1, -0.05) is 35.8 Å². The first-order valence-electron chi connectivity index (χ1n) is 9.64. The van der Waals surface area contributed by atoms with Gasteiger partial charge in [-0.05, 0) is 43.0 Å². The molecule has 1 aromatic carbocycles. The molecule has 0 bridgehead atoms. The number of amides is 2. The number of aromatic nitrogens is 1. The summed E-state index contributed by atoms with van der Waals surface area (Å²) in [5.41, 5.74) is 2.96. The number of hydrogen-bond donors (Lipinski definition) is 3. The number of rotatable bonds is 4. The first kappa shape index (κ1) is 19.1. The van der Waals surface area contributed by atoms with Crippen molar-refractivity contribution < 1.29 is 19.6 Å². The molecule has 8 heteroatoms. The monoisotopic (exact) mass is 394 g/mol. The Morgan fingerprint density at radius 2 is 1.86 bits per heavy atom. The van der Waals surface area contributed by atoms with E-state index in [1.165, 1.54) is 0 Å². The van der Waals surface area contributed by atoms with Gasteiger partial charge in [0.1, 0.15) is 0 Å². The van der Waals surface area contributed by atoms with E-state index in [1.54, 1.807) is 35.9 Å². The number of oxime groups is 1. The lowest BCUT2D eigenvalue weighted by Crippen LogP contribution is -2.42. The van der Waals surface area contributed by atoms with E-state index in [2.05, 4.69) is 15.5 Å². The van der Waals surface area contributed by atoms with E-state index < -0.39 is 17.9 Å². The number of amidine groups is 1. The number of hydroxylamine groups is 1. The van der Waals surface area contributed by atoms with Gasteiger partial charge in [0, 0.05) is 17.7 Å². The van der Waals surface area contributed by atoms with Crippen LogP contribution in [0.1, 0.15) is 41.4 Å². The van der Waals surface area contributed by atoms with Crippen LogP contribution in [0.25, 0.3) is 0 Å². The quantitative estimate of drug-likeness (QED) is 0.545. The third kappa shape index (κ3) is 3.84. The molecule has 1 fully saturated rings. The Hall–Kier alpha value is -3.26. The topological polar surface area (TPSA) is 113 Å². The van der Waals surface area contributed by atoms with Crippen molar-refractivity contribution in [2.75, 3.05) is 0 Å². The molecule has 2 aliphatic rings. The van der Waals surface area contributed by atoms with Gasteiger partial charge in [-0.15, -0.1) is 0 Å². The van der Waals surface area contributed by atoms with Crippen molar-refractivity contribution in [1.29, 1.82) is 0 Å². The number of hydrogen-bond acceptors (Lipinski definition) is 6. The second kappa shape index (κ2) is 8.40. The van der Waals surface area contributed by atoms with Gasteiger partial charge in [0.25, 0.3) is 5.91 Å².